The van der Waals surface area contributed by atoms with Crippen LogP contribution in [0.1, 0.15) is 18.9 Å². The second-order valence-corrected chi connectivity index (χ2v) is 5.44. The number of benzene rings is 1. The molecule has 0 radical (unpaired) electrons. The largest absolute Gasteiger partial charge is 0.398 e. The quantitative estimate of drug-likeness (QED) is 0.811. The molecule has 0 saturated carbocycles. The number of hydrogen-bond donors (Lipinski definition) is 2. The summed E-state index contributed by atoms with van der Waals surface area (Å²) in [5, 5.41) is 2.70. The Balaban J connectivity index is 2.06. The van der Waals surface area contributed by atoms with Gasteiger partial charge in [0, 0.05) is 25.8 Å². The Labute approximate surface area is 112 Å². The van der Waals surface area contributed by atoms with E-state index in [1.54, 1.807) is 13.1 Å². The fourth-order valence-electron chi connectivity index (χ4n) is 2.63. The first-order valence-electron chi connectivity index (χ1n) is 6.43. The number of nitrogens with one attached hydrogen (secondary N) is 1. The summed E-state index contributed by atoms with van der Waals surface area (Å²) in [6, 6.07) is 4.40. The first-order valence-corrected chi connectivity index (χ1v) is 6.43. The third kappa shape index (κ3) is 2.87. The Morgan fingerprint density at radius 1 is 1.58 bits per heavy atom. The average molecular weight is 265 g/mol. The van der Waals surface area contributed by atoms with Crippen LogP contribution in [0, 0.1) is 11.2 Å². The van der Waals surface area contributed by atoms with Crippen LogP contribution < -0.4 is 11.1 Å². The fourth-order valence-corrected chi connectivity index (χ4v) is 2.63. The van der Waals surface area contributed by atoms with E-state index in [9.17, 15) is 9.18 Å². The maximum Gasteiger partial charge on any atom is 0.227 e. The normalized spacial score (nSPS) is 23.5. The zero-order chi connectivity index (χ0) is 14.0. The van der Waals surface area contributed by atoms with E-state index in [-0.39, 0.29) is 17.1 Å². The van der Waals surface area contributed by atoms with Crippen LogP contribution in [0.25, 0.3) is 0 Å². The molecule has 1 amide bonds. The highest BCUT2D eigenvalue weighted by Crippen LogP contribution is 2.31. The number of likely N-dealkylation sites (tertiary alicyclic amines) is 1. The summed E-state index contributed by atoms with van der Waals surface area (Å²) in [4.78, 5) is 14.0. The van der Waals surface area contributed by atoms with E-state index < -0.39 is 0 Å². The fraction of sp³-hybridized carbons (Fsp3) is 0.500. The van der Waals surface area contributed by atoms with E-state index in [2.05, 4.69) is 10.2 Å². The molecular weight excluding hydrogens is 245 g/mol. The molecule has 1 saturated heterocycles. The first kappa shape index (κ1) is 13.8. The lowest BCUT2D eigenvalue weighted by atomic mass is 9.89. The van der Waals surface area contributed by atoms with Crippen molar-refractivity contribution in [2.75, 3.05) is 25.9 Å². The van der Waals surface area contributed by atoms with Crippen LogP contribution in [0.15, 0.2) is 18.2 Å². The average Bonchev–Trinajstić information content (AvgIpc) is 2.76. The summed E-state index contributed by atoms with van der Waals surface area (Å²) in [7, 11) is 1.65. The number of halogens is 1. The smallest absolute Gasteiger partial charge is 0.227 e. The molecule has 1 atom stereocenters. The molecule has 0 bridgehead atoms. The lowest BCUT2D eigenvalue weighted by Crippen LogP contribution is -2.39. The zero-order valence-corrected chi connectivity index (χ0v) is 11.4. The summed E-state index contributed by atoms with van der Waals surface area (Å²) < 4.78 is 13.2. The van der Waals surface area contributed by atoms with Crippen molar-refractivity contribution in [2.24, 2.45) is 5.41 Å². The van der Waals surface area contributed by atoms with E-state index in [1.807, 2.05) is 6.92 Å². The molecule has 1 fully saturated rings. The summed E-state index contributed by atoms with van der Waals surface area (Å²) in [5.74, 6) is -0.223. The van der Waals surface area contributed by atoms with E-state index in [4.69, 9.17) is 5.73 Å². The first-order chi connectivity index (χ1) is 8.94. The number of nitrogens with two attached hydrogens (primary N) is 1. The minimum atomic E-state index is -0.364. The maximum absolute atomic E-state index is 13.2. The molecule has 1 aliphatic heterocycles. The SMILES string of the molecule is CNC(=O)C1(C)CCN(Cc2cc(F)ccc2N)C1. The molecule has 4 nitrogen and oxygen atoms in total. The molecule has 0 aromatic heterocycles. The van der Waals surface area contributed by atoms with Crippen molar-refractivity contribution in [3.63, 3.8) is 0 Å². The van der Waals surface area contributed by atoms with Crippen LogP contribution in [-0.4, -0.2) is 30.9 Å². The molecule has 19 heavy (non-hydrogen) atoms. The zero-order valence-electron chi connectivity index (χ0n) is 11.4. The van der Waals surface area contributed by atoms with Gasteiger partial charge in [0.2, 0.25) is 5.91 Å². The minimum absolute atomic E-state index is 0.0576. The number of carbonyl (C=O) groups excluding carboxylic acids is 1. The number of hydrogen-bond acceptors (Lipinski definition) is 3. The molecule has 2 rings (SSSR count). The highest BCUT2D eigenvalue weighted by molar-refractivity contribution is 5.82. The molecule has 1 aromatic carbocycles. The number of anilines is 1. The predicted octanol–water partition coefficient (Wildman–Crippen LogP) is 1.37. The molecule has 1 heterocycles. The standard InChI is InChI=1S/C14H20FN3O/c1-14(13(19)17-2)5-6-18(9-14)8-10-7-11(15)3-4-12(10)16/h3-4,7H,5-6,8-9,16H2,1-2H3,(H,17,19). The minimum Gasteiger partial charge on any atom is -0.398 e. The van der Waals surface area contributed by atoms with Gasteiger partial charge in [-0.2, -0.15) is 0 Å². The van der Waals surface area contributed by atoms with Crippen LogP contribution in [0.3, 0.4) is 0 Å². The summed E-state index contributed by atoms with van der Waals surface area (Å²) >= 11 is 0. The number of rotatable bonds is 3. The van der Waals surface area contributed by atoms with Crippen molar-refractivity contribution in [1.29, 1.82) is 0 Å². The Bertz CT molecular complexity index is 492. The van der Waals surface area contributed by atoms with Gasteiger partial charge >= 0.3 is 0 Å². The molecule has 0 spiro atoms. The number of nitrogens with zero attached hydrogens (tertiary/aromatic N) is 1. The van der Waals surface area contributed by atoms with Gasteiger partial charge in [-0.05, 0) is 43.7 Å². The molecule has 1 aromatic rings. The highest BCUT2D eigenvalue weighted by Gasteiger charge is 2.39. The Morgan fingerprint density at radius 2 is 2.32 bits per heavy atom. The lowest BCUT2D eigenvalue weighted by Gasteiger charge is -2.23. The van der Waals surface area contributed by atoms with Gasteiger partial charge in [-0.25, -0.2) is 4.39 Å². The van der Waals surface area contributed by atoms with E-state index >= 15 is 0 Å². The molecule has 5 heteroatoms. The van der Waals surface area contributed by atoms with Crippen molar-refractivity contribution in [2.45, 2.75) is 19.9 Å². The van der Waals surface area contributed by atoms with Gasteiger partial charge in [0.15, 0.2) is 0 Å². The summed E-state index contributed by atoms with van der Waals surface area (Å²) in [6.45, 7) is 4.03. The third-order valence-electron chi connectivity index (χ3n) is 3.83. The van der Waals surface area contributed by atoms with Crippen LogP contribution in [0.2, 0.25) is 0 Å². The van der Waals surface area contributed by atoms with Crippen LogP contribution in [0.5, 0.6) is 0 Å². The van der Waals surface area contributed by atoms with Gasteiger partial charge in [-0.3, -0.25) is 9.69 Å². The molecule has 1 aliphatic rings. The van der Waals surface area contributed by atoms with Crippen molar-refractivity contribution in [3.8, 4) is 0 Å². The molecular formula is C14H20FN3O. The molecule has 0 aliphatic carbocycles. The Morgan fingerprint density at radius 3 is 3.00 bits per heavy atom. The van der Waals surface area contributed by atoms with Gasteiger partial charge < -0.3 is 11.1 Å². The number of amides is 1. The van der Waals surface area contributed by atoms with Crippen LogP contribution in [-0.2, 0) is 11.3 Å². The summed E-state index contributed by atoms with van der Waals surface area (Å²) in [5.41, 5.74) is 6.86. The van der Waals surface area contributed by atoms with Crippen molar-refractivity contribution in [3.05, 3.63) is 29.6 Å². The van der Waals surface area contributed by atoms with Gasteiger partial charge in [0.1, 0.15) is 5.82 Å². The number of nitrogen functional groups attached to an aromatic ring is 1. The van der Waals surface area contributed by atoms with Crippen molar-refractivity contribution >= 4 is 11.6 Å². The topological polar surface area (TPSA) is 58.4 Å². The molecule has 3 N–H and O–H groups in total. The van der Waals surface area contributed by atoms with Gasteiger partial charge in [0.05, 0.1) is 5.41 Å². The summed E-state index contributed by atoms with van der Waals surface area (Å²) in [6.07, 6.45) is 0.807. The molecule has 104 valence electrons. The van der Waals surface area contributed by atoms with Crippen molar-refractivity contribution in [1.82, 2.24) is 10.2 Å². The Kier molecular flexibility index (Phi) is 3.75. The van der Waals surface area contributed by atoms with E-state index in [1.165, 1.54) is 12.1 Å². The van der Waals surface area contributed by atoms with E-state index in [0.29, 0.717) is 18.8 Å². The van der Waals surface area contributed by atoms with Crippen molar-refractivity contribution < 1.29 is 9.18 Å². The number of carbonyl (C=O) groups is 1. The predicted molar refractivity (Wildman–Crippen MR) is 72.9 cm³/mol. The monoisotopic (exact) mass is 265 g/mol. The second-order valence-electron chi connectivity index (χ2n) is 5.44. The third-order valence-corrected chi connectivity index (χ3v) is 3.83. The lowest BCUT2D eigenvalue weighted by molar-refractivity contribution is -0.129. The van der Waals surface area contributed by atoms with Gasteiger partial charge in [0.25, 0.3) is 0 Å². The van der Waals surface area contributed by atoms with Gasteiger partial charge in [-0.15, -0.1) is 0 Å². The van der Waals surface area contributed by atoms with Gasteiger partial charge in [-0.1, -0.05) is 0 Å². The highest BCUT2D eigenvalue weighted by atomic mass is 19.1. The van der Waals surface area contributed by atoms with Crippen LogP contribution in [0.4, 0.5) is 10.1 Å². The van der Waals surface area contributed by atoms with E-state index in [0.717, 1.165) is 18.5 Å². The molecule has 1 unspecified atom stereocenters. The second kappa shape index (κ2) is 5.17. The van der Waals surface area contributed by atoms with Crippen LogP contribution >= 0.6 is 0 Å². The Hall–Kier alpha value is -1.62. The maximum atomic E-state index is 13.2.